The molecular weight excluding hydrogens is 412 g/mol. The van der Waals surface area contributed by atoms with Crippen LogP contribution in [0.3, 0.4) is 0 Å². The molecule has 1 aromatic carbocycles. The molecule has 0 aliphatic rings. The van der Waals surface area contributed by atoms with Gasteiger partial charge in [-0.2, -0.15) is 5.10 Å². The topological polar surface area (TPSA) is 91.6 Å². The van der Waals surface area contributed by atoms with Crippen LogP contribution < -0.4 is 10.0 Å². The molecule has 2 aromatic rings. The first-order valence-corrected chi connectivity index (χ1v) is 12.1. The number of aliphatic imine (C=N–C) groups is 1. The number of nitrogens with zero attached hydrogens (tertiary/aromatic N) is 4. The van der Waals surface area contributed by atoms with Gasteiger partial charge in [0.05, 0.1) is 17.1 Å². The third-order valence-corrected chi connectivity index (χ3v) is 6.49. The number of hydrogen-bond donors (Lipinski definition) is 2. The molecule has 1 heterocycles. The lowest BCUT2D eigenvalue weighted by atomic mass is 10.1. The van der Waals surface area contributed by atoms with Crippen LogP contribution in [0, 0.1) is 13.8 Å². The Bertz CT molecular complexity index is 1010. The summed E-state index contributed by atoms with van der Waals surface area (Å²) in [6, 6.07) is 5.42. The second-order valence-corrected chi connectivity index (χ2v) is 9.86. The number of aryl methyl sites for hydroxylation is 3. The molecule has 0 aliphatic heterocycles. The lowest BCUT2D eigenvalue weighted by Gasteiger charge is -2.22. The van der Waals surface area contributed by atoms with Crippen LogP contribution in [-0.4, -0.2) is 55.7 Å². The van der Waals surface area contributed by atoms with Gasteiger partial charge in [-0.1, -0.05) is 26.0 Å². The van der Waals surface area contributed by atoms with Gasteiger partial charge in [0.2, 0.25) is 10.0 Å². The zero-order chi connectivity index (χ0) is 23.2. The summed E-state index contributed by atoms with van der Waals surface area (Å²) in [5.41, 5.74) is 3.87. The van der Waals surface area contributed by atoms with Gasteiger partial charge < -0.3 is 10.2 Å². The number of aromatic nitrogens is 2. The normalized spacial score (nSPS) is 12.5. The molecule has 8 nitrogen and oxygen atoms in total. The van der Waals surface area contributed by atoms with E-state index in [1.165, 1.54) is 0 Å². The molecule has 1 aromatic heterocycles. The van der Waals surface area contributed by atoms with Crippen LogP contribution in [0.5, 0.6) is 0 Å². The lowest BCUT2D eigenvalue weighted by molar-refractivity contribution is 0.473. The van der Waals surface area contributed by atoms with E-state index in [1.807, 2.05) is 55.9 Å². The minimum atomic E-state index is -3.57. The van der Waals surface area contributed by atoms with Crippen molar-refractivity contribution in [2.45, 2.75) is 52.0 Å². The van der Waals surface area contributed by atoms with E-state index in [1.54, 1.807) is 13.0 Å². The highest BCUT2D eigenvalue weighted by Crippen LogP contribution is 2.19. The summed E-state index contributed by atoms with van der Waals surface area (Å²) in [6.45, 7) is 11.9. The van der Waals surface area contributed by atoms with Gasteiger partial charge in [0, 0.05) is 45.5 Å². The van der Waals surface area contributed by atoms with Crippen molar-refractivity contribution in [3.05, 3.63) is 46.8 Å². The summed E-state index contributed by atoms with van der Waals surface area (Å²) in [7, 11) is 0.329. The van der Waals surface area contributed by atoms with Crippen LogP contribution in [0.1, 0.15) is 49.1 Å². The summed E-state index contributed by atoms with van der Waals surface area (Å²) in [6.07, 6.45) is 2.04. The van der Waals surface area contributed by atoms with E-state index in [0.29, 0.717) is 23.9 Å². The Kier molecular flexibility index (Phi) is 8.64. The summed E-state index contributed by atoms with van der Waals surface area (Å²) < 4.78 is 29.8. The lowest BCUT2D eigenvalue weighted by Crippen LogP contribution is -2.39. The molecule has 2 rings (SSSR count). The zero-order valence-corrected chi connectivity index (χ0v) is 20.5. The molecule has 0 unspecified atom stereocenters. The van der Waals surface area contributed by atoms with Crippen molar-refractivity contribution in [3.63, 3.8) is 0 Å². The number of benzene rings is 1. The van der Waals surface area contributed by atoms with Gasteiger partial charge in [-0.3, -0.25) is 9.67 Å². The van der Waals surface area contributed by atoms with Crippen molar-refractivity contribution < 1.29 is 8.42 Å². The minimum Gasteiger partial charge on any atom is -0.357 e. The van der Waals surface area contributed by atoms with Gasteiger partial charge >= 0.3 is 0 Å². The smallest absolute Gasteiger partial charge is 0.240 e. The Morgan fingerprint density at radius 1 is 1.29 bits per heavy atom. The van der Waals surface area contributed by atoms with Gasteiger partial charge in [-0.25, -0.2) is 13.1 Å². The van der Waals surface area contributed by atoms with Crippen LogP contribution >= 0.6 is 0 Å². The van der Waals surface area contributed by atoms with Crippen molar-refractivity contribution in [2.75, 3.05) is 26.7 Å². The second kappa shape index (κ2) is 10.8. The maximum absolute atomic E-state index is 12.7. The van der Waals surface area contributed by atoms with Gasteiger partial charge in [0.15, 0.2) is 5.96 Å². The molecule has 0 saturated heterocycles. The predicted molar refractivity (Wildman–Crippen MR) is 126 cm³/mol. The van der Waals surface area contributed by atoms with E-state index < -0.39 is 10.0 Å². The molecule has 2 N–H and O–H groups in total. The Labute approximate surface area is 186 Å². The molecule has 172 valence electrons. The highest BCUT2D eigenvalue weighted by Gasteiger charge is 2.17. The van der Waals surface area contributed by atoms with Crippen LogP contribution in [0.4, 0.5) is 0 Å². The number of guanidine groups is 1. The fraction of sp³-hybridized carbons (Fsp3) is 0.545. The first-order chi connectivity index (χ1) is 14.5. The van der Waals surface area contributed by atoms with Crippen LogP contribution in [0.15, 0.2) is 34.3 Å². The van der Waals surface area contributed by atoms with E-state index >= 15 is 0 Å². The highest BCUT2D eigenvalue weighted by molar-refractivity contribution is 7.89. The number of sulfonamides is 1. The van der Waals surface area contributed by atoms with E-state index in [9.17, 15) is 8.42 Å². The van der Waals surface area contributed by atoms with E-state index in [0.717, 1.165) is 34.9 Å². The Morgan fingerprint density at radius 3 is 2.65 bits per heavy atom. The fourth-order valence-electron chi connectivity index (χ4n) is 3.38. The average Bonchev–Trinajstić information content (AvgIpc) is 3.06. The summed E-state index contributed by atoms with van der Waals surface area (Å²) in [4.78, 5) is 6.96. The Morgan fingerprint density at radius 2 is 2.00 bits per heavy atom. The molecule has 0 spiro atoms. The standard InChI is InChI=1S/C22H36N6O2S/c1-8-23-22(27(6)14-19-15-28(7)26-21(19)16(2)3)24-11-12-25-31(29,30)20-13-17(4)9-10-18(20)5/h9-10,13,15-16,25H,8,11-12,14H2,1-7H3,(H,23,24). The highest BCUT2D eigenvalue weighted by atomic mass is 32.2. The largest absolute Gasteiger partial charge is 0.357 e. The first kappa shape index (κ1) is 24.9. The molecule has 9 heteroatoms. The fourth-order valence-corrected chi connectivity index (χ4v) is 4.73. The summed E-state index contributed by atoms with van der Waals surface area (Å²) in [5.74, 6) is 1.07. The maximum Gasteiger partial charge on any atom is 0.240 e. The first-order valence-electron chi connectivity index (χ1n) is 10.6. The Balaban J connectivity index is 2.05. The van der Waals surface area contributed by atoms with E-state index in [2.05, 4.69) is 34.0 Å². The minimum absolute atomic E-state index is 0.225. The third kappa shape index (κ3) is 6.80. The molecule has 0 fully saturated rings. The average molecular weight is 449 g/mol. The van der Waals surface area contributed by atoms with Gasteiger partial charge in [-0.05, 0) is 43.9 Å². The van der Waals surface area contributed by atoms with E-state index in [-0.39, 0.29) is 6.54 Å². The van der Waals surface area contributed by atoms with Gasteiger partial charge in [-0.15, -0.1) is 0 Å². The van der Waals surface area contributed by atoms with Gasteiger partial charge in [0.25, 0.3) is 0 Å². The van der Waals surface area contributed by atoms with Crippen LogP contribution in [-0.2, 0) is 23.6 Å². The van der Waals surface area contributed by atoms with E-state index in [4.69, 9.17) is 0 Å². The molecule has 0 radical (unpaired) electrons. The summed E-state index contributed by atoms with van der Waals surface area (Å²) >= 11 is 0. The second-order valence-electron chi connectivity index (χ2n) is 8.13. The SMILES string of the molecule is CCNC(=NCCNS(=O)(=O)c1cc(C)ccc1C)N(C)Cc1cn(C)nc1C(C)C. The molecule has 0 atom stereocenters. The molecular formula is C22H36N6O2S. The molecule has 0 aliphatic carbocycles. The van der Waals surface area contributed by atoms with Crippen molar-refractivity contribution in [3.8, 4) is 0 Å². The Hall–Kier alpha value is -2.39. The number of nitrogens with one attached hydrogen (secondary N) is 2. The van der Waals surface area contributed by atoms with Crippen molar-refractivity contribution in [2.24, 2.45) is 12.0 Å². The number of hydrogen-bond acceptors (Lipinski definition) is 4. The zero-order valence-electron chi connectivity index (χ0n) is 19.7. The molecule has 0 bridgehead atoms. The summed E-state index contributed by atoms with van der Waals surface area (Å²) in [5, 5.41) is 7.84. The van der Waals surface area contributed by atoms with Crippen molar-refractivity contribution >= 4 is 16.0 Å². The van der Waals surface area contributed by atoms with Crippen LogP contribution in [0.25, 0.3) is 0 Å². The quantitative estimate of drug-likeness (QED) is 0.349. The van der Waals surface area contributed by atoms with Gasteiger partial charge in [0.1, 0.15) is 0 Å². The number of rotatable bonds is 9. The monoisotopic (exact) mass is 448 g/mol. The van der Waals surface area contributed by atoms with Crippen LogP contribution in [0.2, 0.25) is 0 Å². The molecule has 31 heavy (non-hydrogen) atoms. The molecule has 0 amide bonds. The molecule has 0 saturated carbocycles. The third-order valence-electron chi connectivity index (χ3n) is 4.89. The van der Waals surface area contributed by atoms with Crippen molar-refractivity contribution in [1.29, 1.82) is 0 Å². The van der Waals surface area contributed by atoms with Crippen molar-refractivity contribution in [1.82, 2.24) is 24.7 Å². The maximum atomic E-state index is 12.7. The predicted octanol–water partition coefficient (Wildman–Crippen LogP) is 2.54.